The van der Waals surface area contributed by atoms with Gasteiger partial charge in [0.25, 0.3) is 0 Å². The minimum absolute atomic E-state index is 0.0192. The largest absolute Gasteiger partial charge is 0.335 e. The van der Waals surface area contributed by atoms with Crippen LogP contribution in [0, 0.1) is 5.92 Å². The number of amides is 1. The van der Waals surface area contributed by atoms with Crippen molar-refractivity contribution in [3.8, 4) is 0 Å². The number of rotatable bonds is 6. The maximum atomic E-state index is 13.2. The lowest BCUT2D eigenvalue weighted by atomic mass is 9.75. The number of piperidine rings is 1. The van der Waals surface area contributed by atoms with Crippen LogP contribution >= 0.6 is 23.2 Å². The number of benzene rings is 2. The van der Waals surface area contributed by atoms with Crippen LogP contribution in [0.2, 0.25) is 10.0 Å². The highest BCUT2D eigenvalue weighted by atomic mass is 35.5. The molecule has 1 unspecified atom stereocenters. The average molecular weight is 402 g/mol. The van der Waals surface area contributed by atoms with Crippen LogP contribution in [0.1, 0.15) is 49.3 Å². The molecule has 4 heteroatoms. The summed E-state index contributed by atoms with van der Waals surface area (Å²) in [6.45, 7) is 6.69. The van der Waals surface area contributed by atoms with Gasteiger partial charge in [0.15, 0.2) is 0 Å². The van der Waals surface area contributed by atoms with E-state index in [4.69, 9.17) is 23.2 Å². The zero-order valence-electron chi connectivity index (χ0n) is 15.6. The third-order valence-electron chi connectivity index (χ3n) is 5.29. The first kappa shape index (κ1) is 20.0. The Bertz CT molecular complexity index is 802. The van der Waals surface area contributed by atoms with Gasteiger partial charge in [-0.3, -0.25) is 4.79 Å². The van der Waals surface area contributed by atoms with Crippen molar-refractivity contribution in [3.63, 3.8) is 0 Å². The van der Waals surface area contributed by atoms with Crippen LogP contribution in [0.4, 0.5) is 0 Å². The fourth-order valence-electron chi connectivity index (χ4n) is 4.14. The summed E-state index contributed by atoms with van der Waals surface area (Å²) < 4.78 is 0. The summed E-state index contributed by atoms with van der Waals surface area (Å²) in [5.74, 6) is 0.357. The van der Waals surface area contributed by atoms with Crippen molar-refractivity contribution in [2.45, 2.75) is 38.1 Å². The van der Waals surface area contributed by atoms with Crippen LogP contribution in [0.5, 0.6) is 0 Å². The van der Waals surface area contributed by atoms with Crippen molar-refractivity contribution in [1.82, 2.24) is 4.90 Å². The Kier molecular flexibility index (Phi) is 6.62. The number of halogens is 2. The maximum Gasteiger partial charge on any atom is 0.226 e. The lowest BCUT2D eigenvalue weighted by molar-refractivity contribution is -0.143. The predicted octanol–water partition coefficient (Wildman–Crippen LogP) is 6.65. The van der Waals surface area contributed by atoms with Gasteiger partial charge in [-0.1, -0.05) is 60.5 Å². The molecule has 0 saturated carbocycles. The number of carbonyl (C=O) groups excluding carboxylic acids is 1. The number of nitrogens with zero attached hydrogens (tertiary/aromatic N) is 1. The van der Waals surface area contributed by atoms with Gasteiger partial charge in [0.05, 0.1) is 6.04 Å². The molecule has 3 atom stereocenters. The molecular weight excluding hydrogens is 377 g/mol. The minimum Gasteiger partial charge on any atom is -0.335 e. The van der Waals surface area contributed by atoms with Crippen molar-refractivity contribution in [3.05, 3.63) is 82.4 Å². The van der Waals surface area contributed by atoms with Gasteiger partial charge in [-0.05, 0) is 54.7 Å². The van der Waals surface area contributed by atoms with Crippen LogP contribution in [-0.2, 0) is 4.79 Å². The molecule has 1 heterocycles. The summed E-state index contributed by atoms with van der Waals surface area (Å²) in [4.78, 5) is 15.3. The Balaban J connectivity index is 2.09. The Morgan fingerprint density at radius 2 is 1.85 bits per heavy atom. The molecule has 1 amide bonds. The molecule has 0 N–H and O–H groups in total. The molecule has 0 aromatic heterocycles. The van der Waals surface area contributed by atoms with Gasteiger partial charge < -0.3 is 4.90 Å². The van der Waals surface area contributed by atoms with Gasteiger partial charge >= 0.3 is 0 Å². The van der Waals surface area contributed by atoms with E-state index in [1.807, 2.05) is 53.4 Å². The van der Waals surface area contributed by atoms with E-state index in [9.17, 15) is 4.79 Å². The van der Waals surface area contributed by atoms with E-state index in [1.54, 1.807) is 0 Å². The second-order valence-electron chi connectivity index (χ2n) is 7.15. The Morgan fingerprint density at radius 3 is 2.48 bits per heavy atom. The van der Waals surface area contributed by atoms with Crippen LogP contribution < -0.4 is 0 Å². The molecule has 0 bridgehead atoms. The molecule has 1 aliphatic heterocycles. The van der Waals surface area contributed by atoms with Gasteiger partial charge in [0.2, 0.25) is 5.91 Å². The van der Waals surface area contributed by atoms with Crippen LogP contribution in [0.15, 0.2) is 61.2 Å². The molecule has 2 aromatic carbocycles. The van der Waals surface area contributed by atoms with Crippen molar-refractivity contribution in [2.75, 3.05) is 6.54 Å². The summed E-state index contributed by atoms with van der Waals surface area (Å²) in [6, 6.07) is 15.9. The van der Waals surface area contributed by atoms with Gasteiger partial charge in [-0.2, -0.15) is 0 Å². The second kappa shape index (κ2) is 8.95. The summed E-state index contributed by atoms with van der Waals surface area (Å²) in [5, 5.41) is 1.42. The van der Waals surface area contributed by atoms with Crippen molar-refractivity contribution < 1.29 is 4.79 Å². The average Bonchev–Trinajstić information content (AvgIpc) is 2.66. The third kappa shape index (κ3) is 4.39. The molecular formula is C23H25Cl2NO. The maximum absolute atomic E-state index is 13.2. The number of hydrogen-bond acceptors (Lipinski definition) is 1. The minimum atomic E-state index is -0.0402. The summed E-state index contributed by atoms with van der Waals surface area (Å²) >= 11 is 12.4. The molecule has 0 aliphatic carbocycles. The molecule has 1 fully saturated rings. The van der Waals surface area contributed by atoms with E-state index in [0.29, 0.717) is 11.4 Å². The zero-order chi connectivity index (χ0) is 19.4. The fraction of sp³-hybridized carbons (Fsp3) is 0.348. The van der Waals surface area contributed by atoms with Crippen LogP contribution in [-0.4, -0.2) is 17.4 Å². The molecule has 1 saturated heterocycles. The van der Waals surface area contributed by atoms with Crippen LogP contribution in [0.25, 0.3) is 0 Å². The SMILES string of the molecule is C=CC[C@@H]1CC(c2cccc(Cl)c2)[C@@H](c2ccc(Cl)cc2)N(CCC)C1=O. The van der Waals surface area contributed by atoms with Gasteiger partial charge in [-0.15, -0.1) is 6.58 Å². The number of allylic oxidation sites excluding steroid dienone is 1. The van der Waals surface area contributed by atoms with Gasteiger partial charge in [0.1, 0.15) is 0 Å². The first-order valence-electron chi connectivity index (χ1n) is 9.47. The first-order valence-corrected chi connectivity index (χ1v) is 10.2. The topological polar surface area (TPSA) is 20.3 Å². The van der Waals surface area contributed by atoms with Gasteiger partial charge in [0, 0.05) is 28.4 Å². The molecule has 0 radical (unpaired) electrons. The summed E-state index contributed by atoms with van der Waals surface area (Å²) in [6.07, 6.45) is 4.26. The number of likely N-dealkylation sites (tertiary alicyclic amines) is 1. The highest BCUT2D eigenvalue weighted by Gasteiger charge is 2.42. The van der Waals surface area contributed by atoms with Crippen molar-refractivity contribution in [2.24, 2.45) is 5.92 Å². The van der Waals surface area contributed by atoms with E-state index in [0.717, 1.165) is 30.0 Å². The Hall–Kier alpha value is -1.77. The van der Waals surface area contributed by atoms with Crippen LogP contribution in [0.3, 0.4) is 0 Å². The number of carbonyl (C=O) groups is 1. The van der Waals surface area contributed by atoms with Crippen molar-refractivity contribution >= 4 is 29.1 Å². The van der Waals surface area contributed by atoms with Crippen molar-refractivity contribution in [1.29, 1.82) is 0 Å². The highest BCUT2D eigenvalue weighted by Crippen LogP contribution is 2.46. The smallest absolute Gasteiger partial charge is 0.226 e. The van der Waals surface area contributed by atoms with E-state index in [2.05, 4.69) is 19.6 Å². The third-order valence-corrected chi connectivity index (χ3v) is 5.78. The molecule has 0 spiro atoms. The van der Waals surface area contributed by atoms with E-state index < -0.39 is 0 Å². The second-order valence-corrected chi connectivity index (χ2v) is 8.02. The Morgan fingerprint density at radius 1 is 1.11 bits per heavy atom. The standard InChI is InChI=1S/C23H25Cl2NO/c1-3-6-18-15-21(17-7-5-8-20(25)14-17)22(26(13-4-2)23(18)27)16-9-11-19(24)12-10-16/h3,5,7-12,14,18,21-22H,1,4,6,13,15H2,2H3/t18-,21?,22-/m1/s1. The van der Waals surface area contributed by atoms with E-state index in [1.165, 1.54) is 5.56 Å². The molecule has 142 valence electrons. The first-order chi connectivity index (χ1) is 13.0. The highest BCUT2D eigenvalue weighted by molar-refractivity contribution is 6.30. The zero-order valence-corrected chi connectivity index (χ0v) is 17.1. The fourth-order valence-corrected chi connectivity index (χ4v) is 4.47. The van der Waals surface area contributed by atoms with E-state index >= 15 is 0 Å². The monoisotopic (exact) mass is 401 g/mol. The molecule has 3 rings (SSSR count). The predicted molar refractivity (Wildman–Crippen MR) is 113 cm³/mol. The Labute approximate surface area is 171 Å². The van der Waals surface area contributed by atoms with E-state index in [-0.39, 0.29) is 23.8 Å². The summed E-state index contributed by atoms with van der Waals surface area (Å²) in [5.41, 5.74) is 2.29. The molecule has 27 heavy (non-hydrogen) atoms. The molecule has 1 aliphatic rings. The summed E-state index contributed by atoms with van der Waals surface area (Å²) in [7, 11) is 0. The molecule has 2 aromatic rings. The lowest BCUT2D eigenvalue weighted by Crippen LogP contribution is -2.47. The lowest BCUT2D eigenvalue weighted by Gasteiger charge is -2.45. The van der Waals surface area contributed by atoms with Gasteiger partial charge in [-0.25, -0.2) is 0 Å². The molecule has 2 nitrogen and oxygen atoms in total. The quantitative estimate of drug-likeness (QED) is 0.495. The normalized spacial score (nSPS) is 22.7. The number of hydrogen-bond donors (Lipinski definition) is 0.